The minimum absolute atomic E-state index is 0.0762. The molecule has 1 fully saturated rings. The van der Waals surface area contributed by atoms with E-state index in [1.165, 1.54) is 28.0 Å². The van der Waals surface area contributed by atoms with E-state index in [1.807, 2.05) is 0 Å². The van der Waals surface area contributed by atoms with E-state index in [2.05, 4.69) is 5.32 Å². The fourth-order valence-electron chi connectivity index (χ4n) is 2.85. The molecule has 0 atom stereocenters. The third-order valence-electron chi connectivity index (χ3n) is 4.22. The number of para-hydroxylation sites is 1. The molecule has 0 unspecified atom stereocenters. The molecule has 0 bridgehead atoms. The zero-order valence-electron chi connectivity index (χ0n) is 14.1. The summed E-state index contributed by atoms with van der Waals surface area (Å²) in [5, 5.41) is 2.74. The van der Waals surface area contributed by atoms with Crippen molar-refractivity contribution in [2.24, 2.45) is 0 Å². The maximum Gasteiger partial charge on any atom is 0.325 e. The number of hydrogen-bond acceptors (Lipinski definition) is 2. The number of halogens is 2. The molecule has 1 heterocycles. The van der Waals surface area contributed by atoms with Gasteiger partial charge >= 0.3 is 6.03 Å². The monoisotopic (exact) mass is 359 g/mol. The first kappa shape index (κ1) is 17.8. The van der Waals surface area contributed by atoms with Gasteiger partial charge in [0.2, 0.25) is 5.91 Å². The molecule has 0 radical (unpaired) electrons. The number of rotatable bonds is 6. The molecule has 0 saturated carbocycles. The van der Waals surface area contributed by atoms with Gasteiger partial charge in [-0.1, -0.05) is 24.3 Å². The lowest BCUT2D eigenvalue weighted by Crippen LogP contribution is -2.40. The predicted octanol–water partition coefficient (Wildman–Crippen LogP) is 2.57. The van der Waals surface area contributed by atoms with Gasteiger partial charge in [-0.25, -0.2) is 13.6 Å². The van der Waals surface area contributed by atoms with Gasteiger partial charge in [-0.3, -0.25) is 9.69 Å². The summed E-state index contributed by atoms with van der Waals surface area (Å²) >= 11 is 0. The first-order chi connectivity index (χ1) is 12.5. The van der Waals surface area contributed by atoms with E-state index >= 15 is 0 Å². The van der Waals surface area contributed by atoms with Gasteiger partial charge in [0.15, 0.2) is 0 Å². The summed E-state index contributed by atoms with van der Waals surface area (Å²) in [5.41, 5.74) is 1.13. The highest BCUT2D eigenvalue weighted by Crippen LogP contribution is 2.23. The fourth-order valence-corrected chi connectivity index (χ4v) is 2.85. The number of nitrogens with one attached hydrogen (secondary N) is 1. The zero-order valence-corrected chi connectivity index (χ0v) is 14.1. The molecule has 1 saturated heterocycles. The molecule has 1 aliphatic heterocycles. The lowest BCUT2D eigenvalue weighted by molar-refractivity contribution is -0.121. The van der Waals surface area contributed by atoms with Crippen molar-refractivity contribution < 1.29 is 18.4 Å². The maximum absolute atomic E-state index is 13.8. The quantitative estimate of drug-likeness (QED) is 0.862. The minimum atomic E-state index is -0.466. The van der Waals surface area contributed by atoms with Gasteiger partial charge in [-0.05, 0) is 36.2 Å². The van der Waals surface area contributed by atoms with Crippen LogP contribution in [0.1, 0.15) is 5.56 Å². The molecule has 3 amide bonds. The molecule has 0 aliphatic carbocycles. The van der Waals surface area contributed by atoms with Crippen LogP contribution in [0.5, 0.6) is 0 Å². The maximum atomic E-state index is 13.8. The smallest absolute Gasteiger partial charge is 0.325 e. The Morgan fingerprint density at radius 1 is 1.04 bits per heavy atom. The molecule has 3 rings (SSSR count). The van der Waals surface area contributed by atoms with Crippen molar-refractivity contribution in [3.63, 3.8) is 0 Å². The van der Waals surface area contributed by atoms with E-state index in [4.69, 9.17) is 0 Å². The number of nitrogens with zero attached hydrogens (tertiary/aromatic N) is 2. The molecule has 2 aromatic carbocycles. The molecule has 26 heavy (non-hydrogen) atoms. The summed E-state index contributed by atoms with van der Waals surface area (Å²) in [7, 11) is 0. The van der Waals surface area contributed by atoms with E-state index in [-0.39, 0.29) is 30.0 Å². The van der Waals surface area contributed by atoms with Crippen molar-refractivity contribution in [1.82, 2.24) is 10.2 Å². The van der Waals surface area contributed by atoms with Crippen LogP contribution in [-0.4, -0.2) is 43.0 Å². The summed E-state index contributed by atoms with van der Waals surface area (Å²) in [4.78, 5) is 27.2. The van der Waals surface area contributed by atoms with E-state index in [9.17, 15) is 18.4 Å². The van der Waals surface area contributed by atoms with Crippen molar-refractivity contribution >= 4 is 17.6 Å². The summed E-state index contributed by atoms with van der Waals surface area (Å²) < 4.78 is 26.7. The van der Waals surface area contributed by atoms with Gasteiger partial charge in [0.25, 0.3) is 0 Å². The second kappa shape index (κ2) is 7.95. The Balaban J connectivity index is 1.48. The summed E-state index contributed by atoms with van der Waals surface area (Å²) in [6.45, 7) is 1.01. The summed E-state index contributed by atoms with van der Waals surface area (Å²) in [6.07, 6.45) is 0.571. The first-order valence-corrected chi connectivity index (χ1v) is 8.37. The van der Waals surface area contributed by atoms with E-state index < -0.39 is 5.82 Å². The zero-order chi connectivity index (χ0) is 18.5. The molecule has 1 aliphatic rings. The highest BCUT2D eigenvalue weighted by Gasteiger charge is 2.31. The normalized spacial score (nSPS) is 14.0. The number of carbonyl (C=O) groups is 2. The number of carbonyl (C=O) groups excluding carboxylic acids is 2. The Morgan fingerprint density at radius 3 is 2.50 bits per heavy atom. The van der Waals surface area contributed by atoms with Gasteiger partial charge in [0.05, 0.1) is 5.69 Å². The highest BCUT2D eigenvalue weighted by atomic mass is 19.1. The average Bonchev–Trinajstić information content (AvgIpc) is 2.98. The largest absolute Gasteiger partial charge is 0.354 e. The van der Waals surface area contributed by atoms with Crippen LogP contribution in [0.4, 0.5) is 19.3 Å². The Labute approximate surface area is 150 Å². The van der Waals surface area contributed by atoms with Crippen molar-refractivity contribution in [2.75, 3.05) is 31.1 Å². The molecule has 0 spiro atoms. The van der Waals surface area contributed by atoms with E-state index in [1.54, 1.807) is 30.3 Å². The van der Waals surface area contributed by atoms with Crippen LogP contribution >= 0.6 is 0 Å². The Bertz CT molecular complexity index is 796. The molecule has 136 valence electrons. The minimum Gasteiger partial charge on any atom is -0.354 e. The van der Waals surface area contributed by atoms with Crippen LogP contribution in [0.25, 0.3) is 0 Å². The van der Waals surface area contributed by atoms with Crippen LogP contribution in [-0.2, 0) is 11.2 Å². The van der Waals surface area contributed by atoms with Gasteiger partial charge < -0.3 is 10.2 Å². The Kier molecular flexibility index (Phi) is 5.46. The molecule has 0 aromatic heterocycles. The van der Waals surface area contributed by atoms with Gasteiger partial charge in [-0.15, -0.1) is 0 Å². The van der Waals surface area contributed by atoms with Crippen LogP contribution in [0, 0.1) is 11.6 Å². The van der Waals surface area contributed by atoms with Crippen LogP contribution in [0.15, 0.2) is 48.5 Å². The first-order valence-electron chi connectivity index (χ1n) is 8.37. The van der Waals surface area contributed by atoms with E-state index in [0.29, 0.717) is 26.1 Å². The second-order valence-electron chi connectivity index (χ2n) is 6.03. The summed E-state index contributed by atoms with van der Waals surface area (Å²) in [6, 6.07) is 11.8. The third kappa shape index (κ3) is 4.17. The van der Waals surface area contributed by atoms with Gasteiger partial charge in [0, 0.05) is 19.6 Å². The number of amides is 3. The van der Waals surface area contributed by atoms with Crippen molar-refractivity contribution in [3.05, 3.63) is 65.7 Å². The second-order valence-corrected chi connectivity index (χ2v) is 6.03. The number of urea groups is 1. The van der Waals surface area contributed by atoms with Crippen molar-refractivity contribution in [3.8, 4) is 0 Å². The van der Waals surface area contributed by atoms with Crippen LogP contribution in [0.3, 0.4) is 0 Å². The standard InChI is InChI=1S/C19H19F2N3O2/c20-15-7-5-14(6-8-15)9-10-22-18(25)13-23-11-12-24(19(23)26)17-4-2-1-3-16(17)21/h1-8H,9-13H2,(H,22,25). The fraction of sp³-hybridized carbons (Fsp3) is 0.263. The molecule has 7 heteroatoms. The Morgan fingerprint density at radius 2 is 1.77 bits per heavy atom. The average molecular weight is 359 g/mol. The molecule has 5 nitrogen and oxygen atoms in total. The molecular weight excluding hydrogens is 340 g/mol. The van der Waals surface area contributed by atoms with Gasteiger partial charge in [-0.2, -0.15) is 0 Å². The topological polar surface area (TPSA) is 52.7 Å². The third-order valence-corrected chi connectivity index (χ3v) is 4.22. The van der Waals surface area contributed by atoms with Crippen LogP contribution < -0.4 is 10.2 Å². The summed E-state index contributed by atoms with van der Waals surface area (Å²) in [5.74, 6) is -1.05. The number of benzene rings is 2. The van der Waals surface area contributed by atoms with E-state index in [0.717, 1.165) is 5.56 Å². The van der Waals surface area contributed by atoms with Crippen LogP contribution in [0.2, 0.25) is 0 Å². The van der Waals surface area contributed by atoms with Gasteiger partial charge in [0.1, 0.15) is 18.2 Å². The lowest BCUT2D eigenvalue weighted by atomic mass is 10.1. The number of anilines is 1. The van der Waals surface area contributed by atoms with Crippen molar-refractivity contribution in [2.45, 2.75) is 6.42 Å². The molecule has 1 N–H and O–H groups in total. The van der Waals surface area contributed by atoms with Crippen molar-refractivity contribution in [1.29, 1.82) is 0 Å². The predicted molar refractivity (Wildman–Crippen MR) is 93.8 cm³/mol. The Hall–Kier alpha value is -2.96. The highest BCUT2D eigenvalue weighted by molar-refractivity contribution is 5.96. The molecule has 2 aromatic rings. The lowest BCUT2D eigenvalue weighted by Gasteiger charge is -2.18. The molecular formula is C19H19F2N3O2. The SMILES string of the molecule is O=C(CN1CCN(c2ccccc2F)C1=O)NCCc1ccc(F)cc1. The number of hydrogen-bond donors (Lipinski definition) is 1.